The predicted octanol–water partition coefficient (Wildman–Crippen LogP) is 1.07. The van der Waals surface area contributed by atoms with Gasteiger partial charge in [-0.05, 0) is 24.2 Å². The van der Waals surface area contributed by atoms with Gasteiger partial charge in [-0.1, -0.05) is 20.8 Å². The maximum absolute atomic E-state index is 8.96. The van der Waals surface area contributed by atoms with Crippen molar-refractivity contribution in [3.63, 3.8) is 0 Å². The average Bonchev–Trinajstić information content (AvgIpc) is 3.30. The number of aliphatic hydroxyl groups is 2. The van der Waals surface area contributed by atoms with Gasteiger partial charge < -0.3 is 24.4 Å². The maximum Gasteiger partial charge on any atom is 0.104 e. The molecule has 0 saturated carbocycles. The number of hydrogen-bond acceptors (Lipinski definition) is 5. The summed E-state index contributed by atoms with van der Waals surface area (Å²) in [4.78, 5) is 0. The van der Waals surface area contributed by atoms with Crippen molar-refractivity contribution in [2.45, 2.75) is 39.4 Å². The zero-order chi connectivity index (χ0) is 15.0. The molecule has 2 rings (SSSR count). The highest BCUT2D eigenvalue weighted by Crippen LogP contribution is 2.19. The largest absolute Gasteiger partial charge is 0.396 e. The minimum Gasteiger partial charge on any atom is -0.396 e. The summed E-state index contributed by atoms with van der Waals surface area (Å²) in [7, 11) is 0. The fourth-order valence-electron chi connectivity index (χ4n) is 1.81. The van der Waals surface area contributed by atoms with Gasteiger partial charge in [0.2, 0.25) is 0 Å². The van der Waals surface area contributed by atoms with Crippen LogP contribution in [-0.2, 0) is 14.2 Å². The molecule has 0 aromatic rings. The van der Waals surface area contributed by atoms with Gasteiger partial charge in [0.05, 0.1) is 26.4 Å². The Morgan fingerprint density at radius 2 is 1.50 bits per heavy atom. The van der Waals surface area contributed by atoms with E-state index in [1.807, 2.05) is 6.92 Å². The SMILES string of the molecule is C(OCC1CO1)C1CO1.CC(CO)CC(CO)C(C)C. The molecule has 2 fully saturated rings. The molecule has 2 saturated heterocycles. The molecule has 2 aliphatic heterocycles. The second kappa shape index (κ2) is 9.68. The minimum atomic E-state index is 0.225. The van der Waals surface area contributed by atoms with Crippen molar-refractivity contribution in [2.24, 2.45) is 17.8 Å². The second-order valence-corrected chi connectivity index (χ2v) is 6.16. The van der Waals surface area contributed by atoms with Crippen LogP contribution in [-0.4, -0.2) is 62.1 Å². The van der Waals surface area contributed by atoms with Crippen LogP contribution in [0.25, 0.3) is 0 Å². The lowest BCUT2D eigenvalue weighted by molar-refractivity contribution is 0.102. The van der Waals surface area contributed by atoms with Crippen LogP contribution in [0, 0.1) is 17.8 Å². The molecular formula is C15H30O5. The van der Waals surface area contributed by atoms with E-state index in [1.54, 1.807) is 0 Å². The number of hydrogen-bond donors (Lipinski definition) is 2. The Hall–Kier alpha value is -0.200. The van der Waals surface area contributed by atoms with Crippen LogP contribution in [0.3, 0.4) is 0 Å². The molecule has 2 N–H and O–H groups in total. The zero-order valence-electron chi connectivity index (χ0n) is 13.0. The van der Waals surface area contributed by atoms with Crippen molar-refractivity contribution in [3.05, 3.63) is 0 Å². The van der Waals surface area contributed by atoms with Crippen LogP contribution in [0.1, 0.15) is 27.2 Å². The molecule has 0 radical (unpaired) electrons. The Bertz CT molecular complexity index is 226. The van der Waals surface area contributed by atoms with Crippen molar-refractivity contribution in [1.82, 2.24) is 0 Å². The van der Waals surface area contributed by atoms with Crippen molar-refractivity contribution in [2.75, 3.05) is 39.6 Å². The molecule has 5 heteroatoms. The number of epoxide rings is 2. The fourth-order valence-corrected chi connectivity index (χ4v) is 1.81. The molecule has 0 aliphatic carbocycles. The number of ether oxygens (including phenoxy) is 3. The Morgan fingerprint density at radius 1 is 1.00 bits per heavy atom. The van der Waals surface area contributed by atoms with E-state index in [0.717, 1.165) is 32.8 Å². The summed E-state index contributed by atoms with van der Waals surface area (Å²) in [6.45, 7) is 9.93. The van der Waals surface area contributed by atoms with Crippen LogP contribution < -0.4 is 0 Å². The quantitative estimate of drug-likeness (QED) is 0.621. The third-order valence-corrected chi connectivity index (χ3v) is 3.61. The van der Waals surface area contributed by atoms with Crippen LogP contribution in [0.4, 0.5) is 0 Å². The summed E-state index contributed by atoms with van der Waals surface area (Å²) in [6, 6.07) is 0. The Kier molecular flexibility index (Phi) is 8.64. The second-order valence-electron chi connectivity index (χ2n) is 6.16. The normalized spacial score (nSPS) is 26.7. The van der Waals surface area contributed by atoms with Crippen molar-refractivity contribution < 1.29 is 24.4 Å². The first-order valence-electron chi connectivity index (χ1n) is 7.59. The Labute approximate surface area is 122 Å². The first-order chi connectivity index (χ1) is 9.56. The van der Waals surface area contributed by atoms with Gasteiger partial charge in [0.25, 0.3) is 0 Å². The van der Waals surface area contributed by atoms with E-state index in [2.05, 4.69) is 13.8 Å². The van der Waals surface area contributed by atoms with Crippen LogP contribution >= 0.6 is 0 Å². The van der Waals surface area contributed by atoms with Gasteiger partial charge in [-0.15, -0.1) is 0 Å². The highest BCUT2D eigenvalue weighted by atomic mass is 16.6. The molecule has 0 aromatic heterocycles. The van der Waals surface area contributed by atoms with Crippen LogP contribution in [0.2, 0.25) is 0 Å². The number of rotatable bonds is 9. The summed E-state index contributed by atoms with van der Waals surface area (Å²) in [5.41, 5.74) is 0. The van der Waals surface area contributed by atoms with E-state index in [4.69, 9.17) is 24.4 Å². The zero-order valence-corrected chi connectivity index (χ0v) is 13.0. The highest BCUT2D eigenvalue weighted by molar-refractivity contribution is 4.71. The predicted molar refractivity (Wildman–Crippen MR) is 76.6 cm³/mol. The molecule has 5 nitrogen and oxygen atoms in total. The smallest absolute Gasteiger partial charge is 0.104 e. The van der Waals surface area contributed by atoms with Gasteiger partial charge in [0.15, 0.2) is 0 Å². The monoisotopic (exact) mass is 290 g/mol. The summed E-state index contributed by atoms with van der Waals surface area (Å²) < 4.78 is 15.1. The van der Waals surface area contributed by atoms with Gasteiger partial charge in [-0.25, -0.2) is 0 Å². The molecular weight excluding hydrogens is 260 g/mol. The van der Waals surface area contributed by atoms with Crippen molar-refractivity contribution in [1.29, 1.82) is 0 Å². The molecule has 2 aliphatic rings. The molecule has 0 spiro atoms. The third kappa shape index (κ3) is 8.87. The van der Waals surface area contributed by atoms with E-state index in [1.165, 1.54) is 0 Å². The lowest BCUT2D eigenvalue weighted by atomic mass is 9.88. The summed E-state index contributed by atoms with van der Waals surface area (Å²) in [5, 5.41) is 17.7. The van der Waals surface area contributed by atoms with Crippen molar-refractivity contribution in [3.8, 4) is 0 Å². The Balaban J connectivity index is 0.000000202. The first-order valence-corrected chi connectivity index (χ1v) is 7.59. The van der Waals surface area contributed by atoms with E-state index in [0.29, 0.717) is 30.0 Å². The molecule has 20 heavy (non-hydrogen) atoms. The lowest BCUT2D eigenvalue weighted by Crippen LogP contribution is -2.18. The molecule has 0 amide bonds. The minimum absolute atomic E-state index is 0.225. The fraction of sp³-hybridized carbons (Fsp3) is 1.00. The molecule has 4 atom stereocenters. The molecule has 2 heterocycles. The maximum atomic E-state index is 8.96. The van der Waals surface area contributed by atoms with E-state index < -0.39 is 0 Å². The molecule has 0 bridgehead atoms. The summed E-state index contributed by atoms with van der Waals surface area (Å²) >= 11 is 0. The third-order valence-electron chi connectivity index (χ3n) is 3.61. The molecule has 4 unspecified atom stereocenters. The molecule has 120 valence electrons. The lowest BCUT2D eigenvalue weighted by Gasteiger charge is -2.20. The average molecular weight is 290 g/mol. The highest BCUT2D eigenvalue weighted by Gasteiger charge is 2.26. The van der Waals surface area contributed by atoms with Gasteiger partial charge in [0.1, 0.15) is 12.2 Å². The van der Waals surface area contributed by atoms with E-state index >= 15 is 0 Å². The van der Waals surface area contributed by atoms with E-state index in [9.17, 15) is 0 Å². The van der Waals surface area contributed by atoms with Crippen LogP contribution in [0.5, 0.6) is 0 Å². The van der Waals surface area contributed by atoms with Gasteiger partial charge >= 0.3 is 0 Å². The topological polar surface area (TPSA) is 74.8 Å². The standard InChI is InChI=1S/C9H20O2.C6H10O3/c1-7(2)9(6-11)4-8(3)5-10;1(5-3-8-5)7-2-6-4-9-6/h7-11H,4-6H2,1-3H3;5-6H,1-4H2. The first kappa shape index (κ1) is 17.9. The van der Waals surface area contributed by atoms with Crippen molar-refractivity contribution >= 4 is 0 Å². The van der Waals surface area contributed by atoms with Gasteiger partial charge in [0, 0.05) is 13.2 Å². The van der Waals surface area contributed by atoms with Gasteiger partial charge in [-0.3, -0.25) is 0 Å². The Morgan fingerprint density at radius 3 is 1.80 bits per heavy atom. The number of aliphatic hydroxyl groups excluding tert-OH is 2. The summed E-state index contributed by atoms with van der Waals surface area (Å²) in [5.74, 6) is 1.17. The summed E-state index contributed by atoms with van der Waals surface area (Å²) in [6.07, 6.45) is 1.71. The molecule has 0 aromatic carbocycles. The van der Waals surface area contributed by atoms with Gasteiger partial charge in [-0.2, -0.15) is 0 Å². The van der Waals surface area contributed by atoms with E-state index in [-0.39, 0.29) is 13.2 Å². The van der Waals surface area contributed by atoms with Crippen LogP contribution in [0.15, 0.2) is 0 Å².